The van der Waals surface area contributed by atoms with Crippen LogP contribution in [0.4, 0.5) is 5.82 Å². The summed E-state index contributed by atoms with van der Waals surface area (Å²) in [4.78, 5) is 22.2. The molecule has 0 unspecified atom stereocenters. The molecule has 8 heteroatoms. The first-order chi connectivity index (χ1) is 15.5. The van der Waals surface area contributed by atoms with Crippen molar-refractivity contribution in [2.75, 3.05) is 37.6 Å². The molecule has 0 atom stereocenters. The van der Waals surface area contributed by atoms with Crippen LogP contribution in [0.15, 0.2) is 48.7 Å². The van der Waals surface area contributed by atoms with Gasteiger partial charge in [0.05, 0.1) is 17.8 Å². The summed E-state index contributed by atoms with van der Waals surface area (Å²) in [6.07, 6.45) is 1.83. The van der Waals surface area contributed by atoms with Crippen LogP contribution in [0.5, 0.6) is 0 Å². The van der Waals surface area contributed by atoms with Gasteiger partial charge in [-0.3, -0.25) is 4.79 Å². The van der Waals surface area contributed by atoms with Crippen LogP contribution >= 0.6 is 11.6 Å². The number of nitrogens with zero attached hydrogens (tertiary/aromatic N) is 5. The van der Waals surface area contributed by atoms with E-state index >= 15 is 0 Å². The Morgan fingerprint density at radius 2 is 1.81 bits per heavy atom. The molecule has 1 fully saturated rings. The highest BCUT2D eigenvalue weighted by Gasteiger charge is 2.21. The second-order valence-electron chi connectivity index (χ2n) is 8.02. The predicted molar refractivity (Wildman–Crippen MR) is 127 cm³/mol. The quantitative estimate of drug-likeness (QED) is 0.595. The number of piperazine rings is 1. The molecule has 4 rings (SSSR count). The summed E-state index contributed by atoms with van der Waals surface area (Å²) in [7, 11) is 0. The van der Waals surface area contributed by atoms with Crippen LogP contribution in [0.25, 0.3) is 0 Å². The van der Waals surface area contributed by atoms with Gasteiger partial charge in [0.15, 0.2) is 0 Å². The summed E-state index contributed by atoms with van der Waals surface area (Å²) in [6, 6.07) is 14.0. The molecule has 2 aromatic heterocycles. The number of benzene rings is 1. The molecular weight excluding hydrogens is 424 g/mol. The molecule has 32 heavy (non-hydrogen) atoms. The lowest BCUT2D eigenvalue weighted by atomic mass is 10.2. The standard InChI is InChI=1S/C24H29ClN6O/c1-3-29-11-13-30(14-12-29)21-10-9-20(15-26-21)16-27-24(32)22-18(2)28-31(23(22)25)17-19-7-5-4-6-8-19/h4-10,15H,3,11-14,16-17H2,1-2H3,(H,27,32). The molecule has 7 nitrogen and oxygen atoms in total. The lowest BCUT2D eigenvalue weighted by Crippen LogP contribution is -2.46. The number of nitrogens with one attached hydrogen (secondary N) is 1. The molecule has 0 radical (unpaired) electrons. The number of hydrogen-bond donors (Lipinski definition) is 1. The Kier molecular flexibility index (Phi) is 7.07. The molecule has 3 heterocycles. The summed E-state index contributed by atoms with van der Waals surface area (Å²) in [5, 5.41) is 7.76. The first-order valence-electron chi connectivity index (χ1n) is 11.0. The van der Waals surface area contributed by atoms with Gasteiger partial charge in [0.25, 0.3) is 5.91 Å². The summed E-state index contributed by atoms with van der Waals surface area (Å²) < 4.78 is 1.66. The van der Waals surface area contributed by atoms with E-state index < -0.39 is 0 Å². The highest BCUT2D eigenvalue weighted by molar-refractivity contribution is 6.33. The number of likely N-dealkylation sites (N-methyl/N-ethyl adjacent to an activating group) is 1. The van der Waals surface area contributed by atoms with Crippen LogP contribution in [0.3, 0.4) is 0 Å². The van der Waals surface area contributed by atoms with E-state index in [2.05, 4.69) is 32.1 Å². The first kappa shape index (κ1) is 22.3. The van der Waals surface area contributed by atoms with Crippen LogP contribution in [-0.4, -0.2) is 58.3 Å². The van der Waals surface area contributed by atoms with E-state index in [0.29, 0.717) is 29.5 Å². The topological polar surface area (TPSA) is 66.3 Å². The highest BCUT2D eigenvalue weighted by Crippen LogP contribution is 2.21. The minimum Gasteiger partial charge on any atom is -0.354 e. The Morgan fingerprint density at radius 1 is 1.06 bits per heavy atom. The Morgan fingerprint density at radius 3 is 2.47 bits per heavy atom. The zero-order valence-electron chi connectivity index (χ0n) is 18.6. The van der Waals surface area contributed by atoms with Gasteiger partial charge in [-0.25, -0.2) is 9.67 Å². The monoisotopic (exact) mass is 452 g/mol. The maximum Gasteiger partial charge on any atom is 0.256 e. The Bertz CT molecular complexity index is 1040. The van der Waals surface area contributed by atoms with Crippen molar-refractivity contribution in [2.24, 2.45) is 0 Å². The molecule has 1 aliphatic heterocycles. The van der Waals surface area contributed by atoms with Gasteiger partial charge in [0.1, 0.15) is 11.0 Å². The summed E-state index contributed by atoms with van der Waals surface area (Å²) in [6.45, 7) is 10.1. The average molecular weight is 453 g/mol. The van der Waals surface area contributed by atoms with E-state index in [1.807, 2.05) is 48.7 Å². The van der Waals surface area contributed by atoms with Gasteiger partial charge in [-0.1, -0.05) is 54.9 Å². The summed E-state index contributed by atoms with van der Waals surface area (Å²) >= 11 is 6.50. The number of carbonyl (C=O) groups excluding carboxylic acids is 1. The minimum absolute atomic E-state index is 0.230. The molecule has 0 aliphatic carbocycles. The Hall–Kier alpha value is -2.90. The smallest absolute Gasteiger partial charge is 0.256 e. The van der Waals surface area contributed by atoms with Crippen molar-refractivity contribution < 1.29 is 4.79 Å². The van der Waals surface area contributed by atoms with Gasteiger partial charge >= 0.3 is 0 Å². The molecule has 1 aliphatic rings. The maximum atomic E-state index is 12.8. The third-order valence-corrected chi connectivity index (χ3v) is 6.26. The van der Waals surface area contributed by atoms with Crippen molar-refractivity contribution in [1.82, 2.24) is 25.0 Å². The van der Waals surface area contributed by atoms with Gasteiger partial charge in [-0.2, -0.15) is 5.10 Å². The Balaban J connectivity index is 1.36. The molecule has 0 bridgehead atoms. The lowest BCUT2D eigenvalue weighted by Gasteiger charge is -2.34. The molecule has 0 spiro atoms. The molecule has 3 aromatic rings. The van der Waals surface area contributed by atoms with Gasteiger partial charge < -0.3 is 15.1 Å². The van der Waals surface area contributed by atoms with Gasteiger partial charge in [0.2, 0.25) is 0 Å². The van der Waals surface area contributed by atoms with E-state index in [-0.39, 0.29) is 5.91 Å². The largest absolute Gasteiger partial charge is 0.354 e. The summed E-state index contributed by atoms with van der Waals surface area (Å²) in [5.41, 5.74) is 3.05. The molecule has 1 N–H and O–H groups in total. The van der Waals surface area contributed by atoms with E-state index in [1.165, 1.54) is 0 Å². The first-order valence-corrected chi connectivity index (χ1v) is 11.4. The number of aromatic nitrogens is 3. The highest BCUT2D eigenvalue weighted by atomic mass is 35.5. The molecule has 1 amide bonds. The van der Waals surface area contributed by atoms with Gasteiger partial charge in [-0.15, -0.1) is 0 Å². The SMILES string of the molecule is CCN1CCN(c2ccc(CNC(=O)c3c(C)nn(Cc4ccccc4)c3Cl)cn2)CC1. The van der Waals surface area contributed by atoms with E-state index in [0.717, 1.165) is 49.7 Å². The fourth-order valence-corrected chi connectivity index (χ4v) is 4.26. The van der Waals surface area contributed by atoms with Crippen molar-refractivity contribution in [3.8, 4) is 0 Å². The van der Waals surface area contributed by atoms with Crippen LogP contribution in [-0.2, 0) is 13.1 Å². The van der Waals surface area contributed by atoms with E-state index in [4.69, 9.17) is 11.6 Å². The van der Waals surface area contributed by atoms with Crippen molar-refractivity contribution in [3.63, 3.8) is 0 Å². The molecule has 1 saturated heterocycles. The van der Waals surface area contributed by atoms with Crippen LogP contribution < -0.4 is 10.2 Å². The zero-order valence-corrected chi connectivity index (χ0v) is 19.3. The zero-order chi connectivity index (χ0) is 22.5. The fourth-order valence-electron chi connectivity index (χ4n) is 3.94. The number of pyridine rings is 1. The number of aryl methyl sites for hydroxylation is 1. The van der Waals surface area contributed by atoms with Crippen molar-refractivity contribution in [3.05, 3.63) is 76.2 Å². The number of halogens is 1. The fraction of sp³-hybridized carbons (Fsp3) is 0.375. The number of carbonyl (C=O) groups is 1. The second-order valence-corrected chi connectivity index (χ2v) is 8.38. The maximum absolute atomic E-state index is 12.8. The van der Waals surface area contributed by atoms with Crippen LogP contribution in [0.1, 0.15) is 34.1 Å². The third-order valence-electron chi connectivity index (χ3n) is 5.87. The third kappa shape index (κ3) is 5.11. The van der Waals surface area contributed by atoms with E-state index in [9.17, 15) is 4.79 Å². The number of anilines is 1. The average Bonchev–Trinajstić information content (AvgIpc) is 3.11. The van der Waals surface area contributed by atoms with Gasteiger partial charge in [-0.05, 0) is 30.7 Å². The van der Waals surface area contributed by atoms with Crippen LogP contribution in [0, 0.1) is 6.92 Å². The Labute approximate surface area is 194 Å². The number of rotatable bonds is 7. The lowest BCUT2D eigenvalue weighted by molar-refractivity contribution is 0.0950. The molecule has 1 aromatic carbocycles. The molecular formula is C24H29ClN6O. The van der Waals surface area contributed by atoms with Crippen molar-refractivity contribution in [1.29, 1.82) is 0 Å². The minimum atomic E-state index is -0.230. The van der Waals surface area contributed by atoms with E-state index in [1.54, 1.807) is 11.6 Å². The number of amides is 1. The summed E-state index contributed by atoms with van der Waals surface area (Å²) in [5.74, 6) is 0.753. The van der Waals surface area contributed by atoms with Crippen molar-refractivity contribution >= 4 is 23.3 Å². The number of hydrogen-bond acceptors (Lipinski definition) is 5. The molecule has 168 valence electrons. The predicted octanol–water partition coefficient (Wildman–Crippen LogP) is 3.36. The normalized spacial score (nSPS) is 14.5. The van der Waals surface area contributed by atoms with Gasteiger partial charge in [0, 0.05) is 38.9 Å². The van der Waals surface area contributed by atoms with Crippen LogP contribution in [0.2, 0.25) is 5.15 Å². The van der Waals surface area contributed by atoms with Crippen molar-refractivity contribution in [2.45, 2.75) is 26.9 Å². The second kappa shape index (κ2) is 10.1. The molecule has 0 saturated carbocycles.